The zero-order chi connectivity index (χ0) is 15.2. The summed E-state index contributed by atoms with van der Waals surface area (Å²) in [7, 11) is 0. The number of carbonyl (C=O) groups excluding carboxylic acids is 1. The minimum atomic E-state index is -0.121. The fourth-order valence-electron chi connectivity index (χ4n) is 2.83. The lowest BCUT2D eigenvalue weighted by Crippen LogP contribution is -2.45. The zero-order valence-electron chi connectivity index (χ0n) is 13.0. The van der Waals surface area contributed by atoms with Crippen LogP contribution < -0.4 is 5.32 Å². The SMILES string of the molecule is CC(CNC(=O)C(C)N1CCC(CO)C1)c1ccccc1. The van der Waals surface area contributed by atoms with Gasteiger partial charge in [0.2, 0.25) is 5.91 Å². The fraction of sp³-hybridized carbons (Fsp3) is 0.588. The first-order valence-corrected chi connectivity index (χ1v) is 7.79. The Hall–Kier alpha value is -1.39. The van der Waals surface area contributed by atoms with Gasteiger partial charge in [0.05, 0.1) is 6.04 Å². The van der Waals surface area contributed by atoms with Gasteiger partial charge >= 0.3 is 0 Å². The molecule has 2 rings (SSSR count). The third kappa shape index (κ3) is 4.29. The number of rotatable bonds is 6. The molecule has 1 heterocycles. The van der Waals surface area contributed by atoms with E-state index in [1.165, 1.54) is 5.56 Å². The molecule has 1 aliphatic rings. The molecule has 0 aliphatic carbocycles. The molecule has 4 nitrogen and oxygen atoms in total. The van der Waals surface area contributed by atoms with Crippen molar-refractivity contribution in [2.24, 2.45) is 5.92 Å². The Balaban J connectivity index is 1.79. The zero-order valence-corrected chi connectivity index (χ0v) is 13.0. The third-order valence-corrected chi connectivity index (χ3v) is 4.45. The summed E-state index contributed by atoms with van der Waals surface area (Å²) >= 11 is 0. The van der Waals surface area contributed by atoms with E-state index in [1.54, 1.807) is 0 Å². The predicted octanol–water partition coefficient (Wildman–Crippen LogP) is 1.61. The van der Waals surface area contributed by atoms with E-state index in [1.807, 2.05) is 25.1 Å². The van der Waals surface area contributed by atoms with Gasteiger partial charge in [-0.1, -0.05) is 37.3 Å². The first-order valence-electron chi connectivity index (χ1n) is 7.79. The average Bonchev–Trinajstić information content (AvgIpc) is 3.01. The Morgan fingerprint density at radius 1 is 1.38 bits per heavy atom. The van der Waals surface area contributed by atoms with Gasteiger partial charge in [0, 0.05) is 19.7 Å². The molecule has 0 saturated carbocycles. The van der Waals surface area contributed by atoms with Crippen LogP contribution in [-0.2, 0) is 4.79 Å². The largest absolute Gasteiger partial charge is 0.396 e. The highest BCUT2D eigenvalue weighted by Crippen LogP contribution is 2.18. The quantitative estimate of drug-likeness (QED) is 0.837. The molecule has 1 saturated heterocycles. The van der Waals surface area contributed by atoms with Crippen LogP contribution in [-0.4, -0.2) is 48.2 Å². The van der Waals surface area contributed by atoms with Crippen molar-refractivity contribution in [2.45, 2.75) is 32.2 Å². The molecule has 0 spiro atoms. The van der Waals surface area contributed by atoms with Crippen molar-refractivity contribution in [3.63, 3.8) is 0 Å². The number of likely N-dealkylation sites (tertiary alicyclic amines) is 1. The lowest BCUT2D eigenvalue weighted by atomic mass is 10.0. The molecule has 21 heavy (non-hydrogen) atoms. The van der Waals surface area contributed by atoms with Crippen LogP contribution in [0.5, 0.6) is 0 Å². The van der Waals surface area contributed by atoms with Gasteiger partial charge in [0.15, 0.2) is 0 Å². The summed E-state index contributed by atoms with van der Waals surface area (Å²) in [5.41, 5.74) is 1.24. The first kappa shape index (κ1) is 16.0. The van der Waals surface area contributed by atoms with Crippen molar-refractivity contribution in [1.82, 2.24) is 10.2 Å². The number of amides is 1. The van der Waals surface area contributed by atoms with E-state index in [2.05, 4.69) is 29.3 Å². The minimum absolute atomic E-state index is 0.0800. The van der Waals surface area contributed by atoms with Gasteiger partial charge < -0.3 is 10.4 Å². The standard InChI is InChI=1S/C17H26N2O2/c1-13(16-6-4-3-5-7-16)10-18-17(21)14(2)19-9-8-15(11-19)12-20/h3-7,13-15,20H,8-12H2,1-2H3,(H,18,21). The molecule has 0 radical (unpaired) electrons. The van der Waals surface area contributed by atoms with Crippen LogP contribution in [0.25, 0.3) is 0 Å². The number of nitrogens with zero attached hydrogens (tertiary/aromatic N) is 1. The van der Waals surface area contributed by atoms with E-state index >= 15 is 0 Å². The van der Waals surface area contributed by atoms with Crippen LogP contribution in [0.15, 0.2) is 30.3 Å². The summed E-state index contributed by atoms with van der Waals surface area (Å²) in [6, 6.07) is 10.1. The molecule has 116 valence electrons. The Morgan fingerprint density at radius 2 is 2.10 bits per heavy atom. The van der Waals surface area contributed by atoms with E-state index in [9.17, 15) is 9.90 Å². The number of nitrogens with one attached hydrogen (secondary N) is 1. The summed E-state index contributed by atoms with van der Waals surface area (Å²) in [5, 5.41) is 12.2. The van der Waals surface area contributed by atoms with Crippen molar-refractivity contribution in [3.8, 4) is 0 Å². The maximum Gasteiger partial charge on any atom is 0.237 e. The second kappa shape index (κ2) is 7.57. The molecule has 3 atom stereocenters. The van der Waals surface area contributed by atoms with Gasteiger partial charge in [-0.2, -0.15) is 0 Å². The van der Waals surface area contributed by atoms with Crippen molar-refractivity contribution in [2.75, 3.05) is 26.2 Å². The van der Waals surface area contributed by atoms with Crippen LogP contribution in [0.3, 0.4) is 0 Å². The number of aliphatic hydroxyl groups excluding tert-OH is 1. The van der Waals surface area contributed by atoms with Crippen LogP contribution in [0.2, 0.25) is 0 Å². The molecule has 2 N–H and O–H groups in total. The highest BCUT2D eigenvalue weighted by molar-refractivity contribution is 5.81. The molecule has 1 fully saturated rings. The van der Waals surface area contributed by atoms with Gasteiger partial charge in [-0.05, 0) is 37.3 Å². The van der Waals surface area contributed by atoms with E-state index in [4.69, 9.17) is 0 Å². The summed E-state index contributed by atoms with van der Waals surface area (Å²) in [4.78, 5) is 14.4. The normalized spacial score (nSPS) is 22.0. The fourth-order valence-corrected chi connectivity index (χ4v) is 2.83. The number of hydrogen-bond acceptors (Lipinski definition) is 3. The van der Waals surface area contributed by atoms with E-state index in [0.717, 1.165) is 19.5 Å². The lowest BCUT2D eigenvalue weighted by Gasteiger charge is -2.24. The Bertz CT molecular complexity index is 449. The highest BCUT2D eigenvalue weighted by Gasteiger charge is 2.29. The van der Waals surface area contributed by atoms with Crippen molar-refractivity contribution >= 4 is 5.91 Å². The predicted molar refractivity (Wildman–Crippen MR) is 84.1 cm³/mol. The van der Waals surface area contributed by atoms with E-state index < -0.39 is 0 Å². The van der Waals surface area contributed by atoms with Crippen LogP contribution in [0.4, 0.5) is 0 Å². The van der Waals surface area contributed by atoms with E-state index in [0.29, 0.717) is 18.4 Å². The van der Waals surface area contributed by atoms with Gasteiger partial charge in [-0.3, -0.25) is 9.69 Å². The molecular formula is C17H26N2O2. The smallest absolute Gasteiger partial charge is 0.237 e. The maximum atomic E-state index is 12.2. The minimum Gasteiger partial charge on any atom is -0.396 e. The molecule has 1 amide bonds. The van der Waals surface area contributed by atoms with Crippen molar-refractivity contribution in [3.05, 3.63) is 35.9 Å². The summed E-state index contributed by atoms with van der Waals surface area (Å²) < 4.78 is 0. The summed E-state index contributed by atoms with van der Waals surface area (Å²) in [6.07, 6.45) is 0.981. The van der Waals surface area contributed by atoms with E-state index in [-0.39, 0.29) is 18.6 Å². The monoisotopic (exact) mass is 290 g/mol. The average molecular weight is 290 g/mol. The number of hydrogen-bond donors (Lipinski definition) is 2. The maximum absolute atomic E-state index is 12.2. The van der Waals surface area contributed by atoms with Crippen molar-refractivity contribution < 1.29 is 9.90 Å². The molecule has 4 heteroatoms. The molecule has 1 aromatic carbocycles. The van der Waals surface area contributed by atoms with Gasteiger partial charge in [0.1, 0.15) is 0 Å². The van der Waals surface area contributed by atoms with Crippen LogP contribution in [0, 0.1) is 5.92 Å². The van der Waals surface area contributed by atoms with Crippen LogP contribution >= 0.6 is 0 Å². The molecule has 1 aromatic rings. The molecule has 0 aromatic heterocycles. The summed E-state index contributed by atoms with van der Waals surface area (Å²) in [6.45, 7) is 6.66. The van der Waals surface area contributed by atoms with Gasteiger partial charge in [-0.15, -0.1) is 0 Å². The molecular weight excluding hydrogens is 264 g/mol. The first-order chi connectivity index (χ1) is 10.1. The van der Waals surface area contributed by atoms with Crippen molar-refractivity contribution in [1.29, 1.82) is 0 Å². The number of benzene rings is 1. The topological polar surface area (TPSA) is 52.6 Å². The van der Waals surface area contributed by atoms with Gasteiger partial charge in [0.25, 0.3) is 0 Å². The summed E-state index contributed by atoms with van der Waals surface area (Å²) in [5.74, 6) is 0.714. The highest BCUT2D eigenvalue weighted by atomic mass is 16.3. The Morgan fingerprint density at radius 3 is 2.71 bits per heavy atom. The number of aliphatic hydroxyl groups is 1. The second-order valence-corrected chi connectivity index (χ2v) is 6.07. The molecule has 3 unspecified atom stereocenters. The number of carbonyl (C=O) groups is 1. The Kier molecular flexibility index (Phi) is 5.76. The third-order valence-electron chi connectivity index (χ3n) is 4.45. The second-order valence-electron chi connectivity index (χ2n) is 6.07. The van der Waals surface area contributed by atoms with Crippen LogP contribution in [0.1, 0.15) is 31.7 Å². The lowest BCUT2D eigenvalue weighted by molar-refractivity contribution is -0.125. The van der Waals surface area contributed by atoms with Gasteiger partial charge in [-0.25, -0.2) is 0 Å². The Labute approximate surface area is 127 Å². The molecule has 1 aliphatic heterocycles. The molecule has 0 bridgehead atoms.